The first-order valence-electron chi connectivity index (χ1n) is 5.10. The number of allylic oxidation sites excluding steroid dienone is 1. The van der Waals surface area contributed by atoms with Crippen molar-refractivity contribution in [3.05, 3.63) is 11.6 Å². The summed E-state index contributed by atoms with van der Waals surface area (Å²) in [6.07, 6.45) is 5.78. The molecule has 0 aliphatic heterocycles. The first kappa shape index (κ1) is 13.2. The van der Waals surface area contributed by atoms with E-state index in [4.69, 9.17) is 10.2 Å². The summed E-state index contributed by atoms with van der Waals surface area (Å²) < 4.78 is 0. The Morgan fingerprint density at radius 3 is 2.50 bits per heavy atom. The van der Waals surface area contributed by atoms with E-state index in [1.165, 1.54) is 6.08 Å². The van der Waals surface area contributed by atoms with Crippen LogP contribution in [0.25, 0.3) is 0 Å². The molecule has 0 unspecified atom stereocenters. The van der Waals surface area contributed by atoms with Gasteiger partial charge in [-0.3, -0.25) is 0 Å². The third kappa shape index (κ3) is 9.26. The minimum atomic E-state index is -0.869. The van der Waals surface area contributed by atoms with E-state index in [-0.39, 0.29) is 6.10 Å². The molecule has 2 N–H and O–H groups in total. The minimum Gasteiger partial charge on any atom is -0.478 e. The monoisotopic (exact) mass is 200 g/mol. The molecule has 0 aromatic heterocycles. The average molecular weight is 200 g/mol. The van der Waals surface area contributed by atoms with Crippen LogP contribution in [0, 0.1) is 0 Å². The summed E-state index contributed by atoms with van der Waals surface area (Å²) in [5.74, 6) is -0.869. The van der Waals surface area contributed by atoms with Crippen molar-refractivity contribution >= 4 is 5.97 Å². The Hall–Kier alpha value is -0.830. The molecule has 0 rings (SSSR count). The number of aliphatic hydroxyl groups is 1. The van der Waals surface area contributed by atoms with E-state index in [0.29, 0.717) is 0 Å². The van der Waals surface area contributed by atoms with Crippen molar-refractivity contribution in [3.8, 4) is 0 Å². The van der Waals surface area contributed by atoms with Gasteiger partial charge in [-0.15, -0.1) is 0 Å². The minimum absolute atomic E-state index is 0.217. The lowest BCUT2D eigenvalue weighted by Gasteiger charge is -2.03. The van der Waals surface area contributed by atoms with Crippen LogP contribution in [0.5, 0.6) is 0 Å². The Kier molecular flexibility index (Phi) is 7.11. The van der Waals surface area contributed by atoms with Gasteiger partial charge in [-0.1, -0.05) is 18.4 Å². The molecule has 3 heteroatoms. The van der Waals surface area contributed by atoms with Gasteiger partial charge in [0.1, 0.15) is 0 Å². The van der Waals surface area contributed by atoms with E-state index in [1.807, 2.05) is 6.92 Å². The van der Waals surface area contributed by atoms with Crippen LogP contribution >= 0.6 is 0 Å². The molecule has 14 heavy (non-hydrogen) atoms. The van der Waals surface area contributed by atoms with Crippen molar-refractivity contribution in [3.63, 3.8) is 0 Å². The number of aliphatic carboxylic acids is 1. The number of carboxylic acid groups (broad SMARTS) is 1. The quantitative estimate of drug-likeness (QED) is 0.490. The summed E-state index contributed by atoms with van der Waals surface area (Å²) in [4.78, 5) is 10.3. The number of hydrogen-bond acceptors (Lipinski definition) is 2. The van der Waals surface area contributed by atoms with Crippen molar-refractivity contribution < 1.29 is 15.0 Å². The van der Waals surface area contributed by atoms with Crippen LogP contribution in [0.1, 0.15) is 46.0 Å². The summed E-state index contributed by atoms with van der Waals surface area (Å²) in [7, 11) is 0. The molecule has 0 radical (unpaired) electrons. The van der Waals surface area contributed by atoms with E-state index >= 15 is 0 Å². The van der Waals surface area contributed by atoms with Gasteiger partial charge in [0.25, 0.3) is 0 Å². The molecule has 0 bridgehead atoms. The van der Waals surface area contributed by atoms with Gasteiger partial charge in [-0.25, -0.2) is 4.79 Å². The molecule has 0 saturated carbocycles. The molecule has 0 aromatic rings. The molecule has 1 atom stereocenters. The highest BCUT2D eigenvalue weighted by molar-refractivity contribution is 5.80. The van der Waals surface area contributed by atoms with Crippen LogP contribution in [0.3, 0.4) is 0 Å². The lowest BCUT2D eigenvalue weighted by molar-refractivity contribution is -0.131. The number of hydrogen-bond donors (Lipinski definition) is 2. The van der Waals surface area contributed by atoms with Gasteiger partial charge in [-0.2, -0.15) is 0 Å². The zero-order valence-corrected chi connectivity index (χ0v) is 8.99. The maximum absolute atomic E-state index is 10.3. The summed E-state index contributed by atoms with van der Waals surface area (Å²) in [5, 5.41) is 17.4. The molecule has 0 saturated heterocycles. The number of unbranched alkanes of at least 4 members (excludes halogenated alkanes) is 2. The van der Waals surface area contributed by atoms with Crippen molar-refractivity contribution in [2.75, 3.05) is 0 Å². The first-order valence-corrected chi connectivity index (χ1v) is 5.10. The topological polar surface area (TPSA) is 57.5 Å². The van der Waals surface area contributed by atoms with Gasteiger partial charge in [0, 0.05) is 6.08 Å². The van der Waals surface area contributed by atoms with E-state index in [9.17, 15) is 4.79 Å². The smallest absolute Gasteiger partial charge is 0.328 e. The van der Waals surface area contributed by atoms with Crippen LogP contribution in [0.2, 0.25) is 0 Å². The van der Waals surface area contributed by atoms with E-state index in [2.05, 4.69) is 0 Å². The van der Waals surface area contributed by atoms with Crippen LogP contribution < -0.4 is 0 Å². The first-order chi connectivity index (χ1) is 6.52. The van der Waals surface area contributed by atoms with Crippen molar-refractivity contribution in [1.82, 2.24) is 0 Å². The third-order valence-corrected chi connectivity index (χ3v) is 2.06. The number of rotatable bonds is 7. The van der Waals surface area contributed by atoms with Gasteiger partial charge in [0.15, 0.2) is 0 Å². The maximum atomic E-state index is 10.3. The van der Waals surface area contributed by atoms with E-state index in [0.717, 1.165) is 37.7 Å². The number of carbonyl (C=O) groups is 1. The summed E-state index contributed by atoms with van der Waals surface area (Å²) >= 11 is 0. The maximum Gasteiger partial charge on any atom is 0.328 e. The second kappa shape index (κ2) is 7.56. The highest BCUT2D eigenvalue weighted by atomic mass is 16.4. The fraction of sp³-hybridized carbons (Fsp3) is 0.727. The molecule has 0 aromatic carbocycles. The van der Waals surface area contributed by atoms with Crippen LogP contribution in [0.4, 0.5) is 0 Å². The zero-order valence-electron chi connectivity index (χ0n) is 8.99. The predicted molar refractivity (Wildman–Crippen MR) is 56.2 cm³/mol. The molecular formula is C11H20O3. The highest BCUT2D eigenvalue weighted by Gasteiger charge is 1.97. The lowest BCUT2D eigenvalue weighted by Crippen LogP contribution is -1.98. The Labute approximate surface area is 85.4 Å². The summed E-state index contributed by atoms with van der Waals surface area (Å²) in [5.41, 5.74) is 0.912. The molecule has 0 fully saturated rings. The second-order valence-corrected chi connectivity index (χ2v) is 3.78. The van der Waals surface area contributed by atoms with Gasteiger partial charge in [0.2, 0.25) is 0 Å². The highest BCUT2D eigenvalue weighted by Crippen LogP contribution is 2.10. The fourth-order valence-corrected chi connectivity index (χ4v) is 1.30. The fourth-order valence-electron chi connectivity index (χ4n) is 1.30. The molecule has 82 valence electrons. The molecule has 0 heterocycles. The number of carboxylic acids is 1. The van der Waals surface area contributed by atoms with Gasteiger partial charge in [-0.05, 0) is 33.1 Å². The third-order valence-electron chi connectivity index (χ3n) is 2.06. The Morgan fingerprint density at radius 2 is 2.00 bits per heavy atom. The largest absolute Gasteiger partial charge is 0.478 e. The second-order valence-electron chi connectivity index (χ2n) is 3.78. The zero-order chi connectivity index (χ0) is 11.0. The summed E-state index contributed by atoms with van der Waals surface area (Å²) in [6.45, 7) is 3.62. The van der Waals surface area contributed by atoms with Crippen LogP contribution in [-0.4, -0.2) is 22.3 Å². The van der Waals surface area contributed by atoms with Crippen molar-refractivity contribution in [2.45, 2.75) is 52.1 Å². The molecule has 0 amide bonds. The Morgan fingerprint density at radius 1 is 1.36 bits per heavy atom. The van der Waals surface area contributed by atoms with E-state index < -0.39 is 5.97 Å². The van der Waals surface area contributed by atoms with Crippen molar-refractivity contribution in [1.29, 1.82) is 0 Å². The van der Waals surface area contributed by atoms with Gasteiger partial charge >= 0.3 is 5.97 Å². The molecule has 0 spiro atoms. The Balaban J connectivity index is 3.41. The normalized spacial score (nSPS) is 14.1. The average Bonchev–Trinajstić information content (AvgIpc) is 2.01. The molecule has 0 aliphatic carbocycles. The van der Waals surface area contributed by atoms with E-state index in [1.54, 1.807) is 6.92 Å². The SMILES string of the molecule is C/C(=C\C(=O)O)CCCCC[C@@H](C)O. The molecule has 0 aliphatic rings. The lowest BCUT2D eigenvalue weighted by atomic mass is 10.1. The van der Waals surface area contributed by atoms with Gasteiger partial charge in [0.05, 0.1) is 6.10 Å². The van der Waals surface area contributed by atoms with Crippen molar-refractivity contribution in [2.24, 2.45) is 0 Å². The standard InChI is InChI=1S/C11H20O3/c1-9(8-11(13)14)6-4-3-5-7-10(2)12/h8,10,12H,3-7H2,1-2H3,(H,13,14)/b9-8+/t10-/m1/s1. The predicted octanol–water partition coefficient (Wildman–Crippen LogP) is 2.35. The molecule has 3 nitrogen and oxygen atoms in total. The molecular weight excluding hydrogens is 180 g/mol. The number of aliphatic hydroxyl groups excluding tert-OH is 1. The van der Waals surface area contributed by atoms with Crippen LogP contribution in [0.15, 0.2) is 11.6 Å². The summed E-state index contributed by atoms with van der Waals surface area (Å²) in [6, 6.07) is 0. The Bertz CT molecular complexity index is 195. The van der Waals surface area contributed by atoms with Crippen LogP contribution in [-0.2, 0) is 4.79 Å². The van der Waals surface area contributed by atoms with Gasteiger partial charge < -0.3 is 10.2 Å².